The van der Waals surface area contributed by atoms with E-state index >= 15 is 0 Å². The topological polar surface area (TPSA) is 134 Å². The van der Waals surface area contributed by atoms with Crippen molar-refractivity contribution in [2.24, 2.45) is 5.92 Å². The third-order valence-corrected chi connectivity index (χ3v) is 5.21. The SMILES string of the molecule is CCOC(=O)CCNC(=O)C(c1ccccc1C)N(CCO)C(=O)C(NC(=O)OC(C)(C)C)C(C)C. The van der Waals surface area contributed by atoms with Crippen LogP contribution in [0.15, 0.2) is 24.3 Å². The summed E-state index contributed by atoms with van der Waals surface area (Å²) in [6.45, 7) is 11.9. The lowest BCUT2D eigenvalue weighted by Crippen LogP contribution is -2.55. The highest BCUT2D eigenvalue weighted by Gasteiger charge is 2.37. The van der Waals surface area contributed by atoms with Gasteiger partial charge in [-0.25, -0.2) is 4.79 Å². The maximum Gasteiger partial charge on any atom is 0.408 e. The van der Waals surface area contributed by atoms with Crippen molar-refractivity contribution in [2.45, 2.75) is 72.6 Å². The maximum absolute atomic E-state index is 13.8. The van der Waals surface area contributed by atoms with Crippen LogP contribution in [0.2, 0.25) is 0 Å². The fraction of sp³-hybridized carbons (Fsp3) is 0.615. The van der Waals surface area contributed by atoms with Crippen LogP contribution >= 0.6 is 0 Å². The van der Waals surface area contributed by atoms with E-state index in [1.54, 1.807) is 53.7 Å². The zero-order valence-electron chi connectivity index (χ0n) is 22.4. The van der Waals surface area contributed by atoms with Gasteiger partial charge in [-0.15, -0.1) is 0 Å². The number of nitrogens with zero attached hydrogens (tertiary/aromatic N) is 1. The molecule has 2 atom stereocenters. The predicted molar refractivity (Wildman–Crippen MR) is 135 cm³/mol. The van der Waals surface area contributed by atoms with E-state index in [0.29, 0.717) is 5.56 Å². The molecule has 0 bridgehead atoms. The number of benzene rings is 1. The van der Waals surface area contributed by atoms with E-state index in [9.17, 15) is 24.3 Å². The second-order valence-electron chi connectivity index (χ2n) is 9.73. The zero-order valence-corrected chi connectivity index (χ0v) is 22.4. The number of amides is 3. The van der Waals surface area contributed by atoms with E-state index in [2.05, 4.69) is 10.6 Å². The minimum absolute atomic E-state index is 0.0188. The second kappa shape index (κ2) is 14.4. The number of esters is 1. The largest absolute Gasteiger partial charge is 0.466 e. The van der Waals surface area contributed by atoms with Crippen molar-refractivity contribution in [3.8, 4) is 0 Å². The van der Waals surface area contributed by atoms with E-state index < -0.39 is 48.2 Å². The van der Waals surface area contributed by atoms with E-state index in [0.717, 1.165) is 5.56 Å². The summed E-state index contributed by atoms with van der Waals surface area (Å²) >= 11 is 0. The summed E-state index contributed by atoms with van der Waals surface area (Å²) in [5, 5.41) is 15.1. The fourth-order valence-corrected chi connectivity index (χ4v) is 3.56. The summed E-state index contributed by atoms with van der Waals surface area (Å²) in [5.74, 6) is -1.85. The summed E-state index contributed by atoms with van der Waals surface area (Å²) in [5.41, 5.74) is 0.565. The van der Waals surface area contributed by atoms with Crippen LogP contribution in [0, 0.1) is 12.8 Å². The number of aryl methyl sites for hydroxylation is 1. The number of aliphatic hydroxyl groups excluding tert-OH is 1. The van der Waals surface area contributed by atoms with Gasteiger partial charge in [-0.3, -0.25) is 14.4 Å². The average molecular weight is 508 g/mol. The van der Waals surface area contributed by atoms with Crippen molar-refractivity contribution in [3.63, 3.8) is 0 Å². The van der Waals surface area contributed by atoms with E-state index in [4.69, 9.17) is 9.47 Å². The maximum atomic E-state index is 13.8. The summed E-state index contributed by atoms with van der Waals surface area (Å²) in [6.07, 6.45) is -0.784. The molecule has 36 heavy (non-hydrogen) atoms. The van der Waals surface area contributed by atoms with Gasteiger partial charge in [0.1, 0.15) is 17.7 Å². The summed E-state index contributed by atoms with van der Waals surface area (Å²) in [6, 6.07) is 5.00. The smallest absolute Gasteiger partial charge is 0.408 e. The molecule has 3 amide bonds. The summed E-state index contributed by atoms with van der Waals surface area (Å²) in [7, 11) is 0. The Kier molecular flexibility index (Phi) is 12.4. The molecule has 0 heterocycles. The number of aliphatic hydroxyl groups is 1. The van der Waals surface area contributed by atoms with Crippen LogP contribution in [0.5, 0.6) is 0 Å². The first kappa shape index (κ1) is 30.9. The van der Waals surface area contributed by atoms with Crippen molar-refractivity contribution in [3.05, 3.63) is 35.4 Å². The number of nitrogens with one attached hydrogen (secondary N) is 2. The Morgan fingerprint density at radius 3 is 2.28 bits per heavy atom. The molecule has 0 aliphatic heterocycles. The third-order valence-electron chi connectivity index (χ3n) is 5.21. The van der Waals surface area contributed by atoms with Gasteiger partial charge in [-0.05, 0) is 51.7 Å². The molecule has 1 rings (SSSR count). The molecule has 0 saturated carbocycles. The normalized spacial score (nSPS) is 12.9. The lowest BCUT2D eigenvalue weighted by atomic mass is 9.96. The molecule has 0 saturated heterocycles. The Morgan fingerprint density at radius 1 is 1.11 bits per heavy atom. The van der Waals surface area contributed by atoms with E-state index in [1.165, 1.54) is 4.90 Å². The van der Waals surface area contributed by atoms with Gasteiger partial charge in [0.2, 0.25) is 11.8 Å². The highest BCUT2D eigenvalue weighted by atomic mass is 16.6. The van der Waals surface area contributed by atoms with Gasteiger partial charge in [-0.2, -0.15) is 0 Å². The molecule has 1 aromatic rings. The fourth-order valence-electron chi connectivity index (χ4n) is 3.56. The molecule has 0 spiro atoms. The molecule has 3 N–H and O–H groups in total. The Labute approximate surface area is 213 Å². The van der Waals surface area contributed by atoms with Gasteiger partial charge in [0.15, 0.2) is 0 Å². The quantitative estimate of drug-likeness (QED) is 0.370. The van der Waals surface area contributed by atoms with Crippen LogP contribution < -0.4 is 10.6 Å². The number of alkyl carbamates (subject to hydrolysis) is 1. The molecule has 0 aliphatic rings. The van der Waals surface area contributed by atoms with Crippen molar-refractivity contribution in [1.29, 1.82) is 0 Å². The highest BCUT2D eigenvalue weighted by molar-refractivity contribution is 5.92. The van der Waals surface area contributed by atoms with Gasteiger partial charge in [-0.1, -0.05) is 38.1 Å². The van der Waals surface area contributed by atoms with Gasteiger partial charge in [0, 0.05) is 13.1 Å². The monoisotopic (exact) mass is 507 g/mol. The zero-order chi connectivity index (χ0) is 27.5. The van der Waals surface area contributed by atoms with E-state index in [1.807, 2.05) is 19.1 Å². The number of hydrogen-bond donors (Lipinski definition) is 3. The Bertz CT molecular complexity index is 896. The minimum atomic E-state index is -1.10. The van der Waals surface area contributed by atoms with Crippen molar-refractivity contribution < 1.29 is 33.8 Å². The van der Waals surface area contributed by atoms with Gasteiger partial charge < -0.3 is 30.1 Å². The highest BCUT2D eigenvalue weighted by Crippen LogP contribution is 2.26. The van der Waals surface area contributed by atoms with Crippen LogP contribution in [-0.4, -0.2) is 71.8 Å². The minimum Gasteiger partial charge on any atom is -0.466 e. The molecular weight excluding hydrogens is 466 g/mol. The number of hydrogen-bond acceptors (Lipinski definition) is 7. The number of carbonyl (C=O) groups is 4. The lowest BCUT2D eigenvalue weighted by molar-refractivity contribution is -0.145. The second-order valence-corrected chi connectivity index (χ2v) is 9.73. The summed E-state index contributed by atoms with van der Waals surface area (Å²) in [4.78, 5) is 52.6. The molecule has 0 aliphatic carbocycles. The lowest BCUT2D eigenvalue weighted by Gasteiger charge is -2.35. The molecule has 0 radical (unpaired) electrons. The molecule has 10 heteroatoms. The van der Waals surface area contributed by atoms with Crippen molar-refractivity contribution in [1.82, 2.24) is 15.5 Å². The molecular formula is C26H41N3O7. The standard InChI is InChI=1S/C26H41N3O7/c1-8-35-20(31)13-14-27-23(32)22(19-12-10-9-11-18(19)4)29(15-16-30)24(33)21(17(2)3)28-25(34)36-26(5,6)7/h9-12,17,21-22,30H,8,13-16H2,1-7H3,(H,27,32)(H,28,34). The number of rotatable bonds is 12. The van der Waals surface area contributed by atoms with Gasteiger partial charge in [0.05, 0.1) is 19.6 Å². The molecule has 202 valence electrons. The van der Waals surface area contributed by atoms with Crippen LogP contribution in [0.25, 0.3) is 0 Å². The van der Waals surface area contributed by atoms with Crippen LogP contribution in [-0.2, 0) is 23.9 Å². The molecule has 10 nitrogen and oxygen atoms in total. The van der Waals surface area contributed by atoms with Gasteiger partial charge >= 0.3 is 12.1 Å². The first-order chi connectivity index (χ1) is 16.8. The van der Waals surface area contributed by atoms with Crippen LogP contribution in [0.3, 0.4) is 0 Å². The van der Waals surface area contributed by atoms with Crippen molar-refractivity contribution in [2.75, 3.05) is 26.3 Å². The summed E-state index contributed by atoms with van der Waals surface area (Å²) < 4.78 is 10.2. The number of ether oxygens (including phenoxy) is 2. The van der Waals surface area contributed by atoms with Gasteiger partial charge in [0.25, 0.3) is 0 Å². The Morgan fingerprint density at radius 2 is 1.75 bits per heavy atom. The molecule has 1 aromatic carbocycles. The molecule has 2 unspecified atom stereocenters. The average Bonchev–Trinajstić information content (AvgIpc) is 2.76. The first-order valence-electron chi connectivity index (χ1n) is 12.2. The van der Waals surface area contributed by atoms with Crippen LogP contribution in [0.4, 0.5) is 4.79 Å². The Hall–Kier alpha value is -3.14. The van der Waals surface area contributed by atoms with Crippen molar-refractivity contribution >= 4 is 23.9 Å². The Balaban J connectivity index is 3.32. The van der Waals surface area contributed by atoms with Crippen LogP contribution in [0.1, 0.15) is 65.1 Å². The van der Waals surface area contributed by atoms with E-state index in [-0.39, 0.29) is 32.0 Å². The molecule has 0 aromatic heterocycles. The first-order valence-corrected chi connectivity index (χ1v) is 12.2. The molecule has 0 fully saturated rings. The predicted octanol–water partition coefficient (Wildman–Crippen LogP) is 2.48. The third kappa shape index (κ3) is 9.85. The number of carbonyl (C=O) groups excluding carboxylic acids is 4.